The van der Waals surface area contributed by atoms with Gasteiger partial charge in [-0.2, -0.15) is 5.10 Å². The van der Waals surface area contributed by atoms with Crippen molar-refractivity contribution in [3.05, 3.63) is 17.5 Å². The maximum absolute atomic E-state index is 11.9. The van der Waals surface area contributed by atoms with Gasteiger partial charge in [-0.25, -0.2) is 4.79 Å². The number of aromatic nitrogens is 2. The smallest absolute Gasteiger partial charge is 0.341 e. The third-order valence-corrected chi connectivity index (χ3v) is 3.47. The number of hydrogen-bond donors (Lipinski definition) is 0. The van der Waals surface area contributed by atoms with Gasteiger partial charge in [0.25, 0.3) is 0 Å². The van der Waals surface area contributed by atoms with Crippen molar-refractivity contribution in [3.8, 4) is 0 Å². The molecule has 1 saturated heterocycles. The van der Waals surface area contributed by atoms with E-state index in [0.29, 0.717) is 31.8 Å². The molecule has 7 nitrogen and oxygen atoms in total. The zero-order valence-electron chi connectivity index (χ0n) is 12.1. The summed E-state index contributed by atoms with van der Waals surface area (Å²) in [5.74, 6) is -0.271. The van der Waals surface area contributed by atoms with Crippen molar-refractivity contribution >= 4 is 11.9 Å². The molecular weight excluding hydrogens is 260 g/mol. The van der Waals surface area contributed by atoms with Crippen LogP contribution < -0.4 is 0 Å². The molecule has 7 heteroatoms. The fourth-order valence-corrected chi connectivity index (χ4v) is 2.18. The largest absolute Gasteiger partial charge is 0.462 e. The number of likely N-dealkylation sites (N-methyl/N-ethyl adjacent to an activating group) is 1. The molecule has 20 heavy (non-hydrogen) atoms. The molecule has 1 amide bonds. The van der Waals surface area contributed by atoms with Gasteiger partial charge < -0.3 is 9.64 Å². The highest BCUT2D eigenvalue weighted by molar-refractivity contribution is 5.90. The lowest BCUT2D eigenvalue weighted by molar-refractivity contribution is -0.134. The van der Waals surface area contributed by atoms with Crippen LogP contribution in [0.5, 0.6) is 0 Å². The lowest BCUT2D eigenvalue weighted by Crippen LogP contribution is -2.48. The number of ether oxygens (including phenoxy) is 1. The van der Waals surface area contributed by atoms with E-state index in [2.05, 4.69) is 5.10 Å². The number of esters is 1. The summed E-state index contributed by atoms with van der Waals surface area (Å²) >= 11 is 0. The van der Waals surface area contributed by atoms with Crippen LogP contribution in [0.4, 0.5) is 0 Å². The Kier molecular flexibility index (Phi) is 4.39. The lowest BCUT2D eigenvalue weighted by atomic mass is 10.2. The Labute approximate surface area is 118 Å². The Morgan fingerprint density at radius 1 is 1.40 bits per heavy atom. The van der Waals surface area contributed by atoms with Gasteiger partial charge in [0.15, 0.2) is 0 Å². The zero-order chi connectivity index (χ0) is 14.7. The van der Waals surface area contributed by atoms with Gasteiger partial charge in [0.2, 0.25) is 5.91 Å². The van der Waals surface area contributed by atoms with Crippen LogP contribution in [-0.4, -0.2) is 64.7 Å². The van der Waals surface area contributed by atoms with Gasteiger partial charge in [-0.15, -0.1) is 0 Å². The normalized spacial score (nSPS) is 16.6. The molecule has 0 unspecified atom stereocenters. The standard InChI is InChI=1S/C13H20N4O3/c1-4-20-13(19)10-7-14-16(3)11(10)8-17-6-5-15(2)12(18)9-17/h7H,4-6,8-9H2,1-3H3. The summed E-state index contributed by atoms with van der Waals surface area (Å²) in [6.07, 6.45) is 1.52. The topological polar surface area (TPSA) is 67.7 Å². The summed E-state index contributed by atoms with van der Waals surface area (Å²) in [6, 6.07) is 0. The molecule has 110 valence electrons. The van der Waals surface area contributed by atoms with Gasteiger partial charge in [0.05, 0.1) is 25.0 Å². The van der Waals surface area contributed by atoms with Crippen LogP contribution in [0.15, 0.2) is 6.20 Å². The van der Waals surface area contributed by atoms with Crippen LogP contribution in [0.3, 0.4) is 0 Å². The first kappa shape index (κ1) is 14.5. The fraction of sp³-hybridized carbons (Fsp3) is 0.615. The minimum absolute atomic E-state index is 0.0936. The average molecular weight is 280 g/mol. The molecule has 1 aromatic heterocycles. The van der Waals surface area contributed by atoms with Crippen molar-refractivity contribution in [1.29, 1.82) is 0 Å². The van der Waals surface area contributed by atoms with Crippen molar-refractivity contribution in [2.45, 2.75) is 13.5 Å². The molecule has 1 aliphatic rings. The number of rotatable bonds is 4. The van der Waals surface area contributed by atoms with Gasteiger partial charge in [0, 0.05) is 33.7 Å². The van der Waals surface area contributed by atoms with Crippen LogP contribution >= 0.6 is 0 Å². The van der Waals surface area contributed by atoms with E-state index in [-0.39, 0.29) is 11.9 Å². The van der Waals surface area contributed by atoms with E-state index in [0.717, 1.165) is 12.2 Å². The number of hydrogen-bond acceptors (Lipinski definition) is 5. The van der Waals surface area contributed by atoms with Crippen LogP contribution in [0.2, 0.25) is 0 Å². The Morgan fingerprint density at radius 3 is 2.80 bits per heavy atom. The van der Waals surface area contributed by atoms with Crippen molar-refractivity contribution in [2.24, 2.45) is 7.05 Å². The van der Waals surface area contributed by atoms with Gasteiger partial charge in [-0.3, -0.25) is 14.4 Å². The third kappa shape index (κ3) is 2.98. The summed E-state index contributed by atoms with van der Waals surface area (Å²) in [6.45, 7) is 4.47. The monoisotopic (exact) mass is 280 g/mol. The van der Waals surface area contributed by atoms with Crippen molar-refractivity contribution in [1.82, 2.24) is 19.6 Å². The number of carbonyl (C=O) groups excluding carboxylic acids is 2. The molecule has 0 atom stereocenters. The minimum Gasteiger partial charge on any atom is -0.462 e. The molecule has 0 aromatic carbocycles. The highest BCUT2D eigenvalue weighted by atomic mass is 16.5. The quantitative estimate of drug-likeness (QED) is 0.719. The van der Waals surface area contributed by atoms with E-state index in [9.17, 15) is 9.59 Å². The van der Waals surface area contributed by atoms with Crippen molar-refractivity contribution < 1.29 is 14.3 Å². The SMILES string of the molecule is CCOC(=O)c1cnn(C)c1CN1CCN(C)C(=O)C1. The maximum Gasteiger partial charge on any atom is 0.341 e. The van der Waals surface area contributed by atoms with Gasteiger partial charge in [0.1, 0.15) is 5.56 Å². The van der Waals surface area contributed by atoms with Gasteiger partial charge >= 0.3 is 5.97 Å². The fourth-order valence-electron chi connectivity index (χ4n) is 2.18. The molecule has 0 N–H and O–H groups in total. The molecule has 0 aliphatic carbocycles. The van der Waals surface area contributed by atoms with Crippen LogP contribution in [0.25, 0.3) is 0 Å². The second-order valence-corrected chi connectivity index (χ2v) is 4.87. The van der Waals surface area contributed by atoms with Crippen LogP contribution in [0.1, 0.15) is 23.0 Å². The molecule has 2 rings (SSSR count). The Balaban J connectivity index is 2.11. The Hall–Kier alpha value is -1.89. The first-order valence-corrected chi connectivity index (χ1v) is 6.67. The van der Waals surface area contributed by atoms with E-state index >= 15 is 0 Å². The van der Waals surface area contributed by atoms with Crippen LogP contribution in [-0.2, 0) is 23.1 Å². The van der Waals surface area contributed by atoms with Crippen molar-refractivity contribution in [2.75, 3.05) is 33.3 Å². The summed E-state index contributed by atoms with van der Waals surface area (Å²) < 4.78 is 6.69. The highest BCUT2D eigenvalue weighted by Crippen LogP contribution is 2.14. The van der Waals surface area contributed by atoms with Crippen molar-refractivity contribution in [3.63, 3.8) is 0 Å². The summed E-state index contributed by atoms with van der Waals surface area (Å²) in [4.78, 5) is 27.3. The van der Waals surface area contributed by atoms with E-state index in [1.807, 2.05) is 4.90 Å². The Bertz CT molecular complexity index is 512. The number of aryl methyl sites for hydroxylation is 1. The molecule has 0 radical (unpaired) electrons. The first-order chi connectivity index (χ1) is 9.52. The lowest BCUT2D eigenvalue weighted by Gasteiger charge is -2.31. The van der Waals surface area contributed by atoms with Crippen LogP contribution in [0, 0.1) is 0 Å². The number of amides is 1. The molecule has 0 bridgehead atoms. The Morgan fingerprint density at radius 2 is 2.15 bits per heavy atom. The van der Waals surface area contributed by atoms with E-state index in [1.54, 1.807) is 30.6 Å². The number of carbonyl (C=O) groups is 2. The first-order valence-electron chi connectivity index (χ1n) is 6.67. The van der Waals surface area contributed by atoms with E-state index < -0.39 is 0 Å². The predicted molar refractivity (Wildman–Crippen MR) is 72.1 cm³/mol. The van der Waals surface area contributed by atoms with E-state index in [1.165, 1.54) is 6.20 Å². The highest BCUT2D eigenvalue weighted by Gasteiger charge is 2.24. The third-order valence-electron chi connectivity index (χ3n) is 3.47. The predicted octanol–water partition coefficient (Wildman–Crippen LogP) is -0.129. The number of nitrogens with zero attached hydrogens (tertiary/aromatic N) is 4. The number of piperazine rings is 1. The van der Waals surface area contributed by atoms with Gasteiger partial charge in [-0.05, 0) is 6.92 Å². The second kappa shape index (κ2) is 6.04. The molecular formula is C13H20N4O3. The molecule has 0 spiro atoms. The summed E-state index contributed by atoms with van der Waals surface area (Å²) in [5, 5.41) is 4.11. The molecule has 1 aromatic rings. The molecule has 1 aliphatic heterocycles. The molecule has 2 heterocycles. The molecule has 1 fully saturated rings. The molecule has 0 saturated carbocycles. The van der Waals surface area contributed by atoms with Gasteiger partial charge in [-0.1, -0.05) is 0 Å². The summed E-state index contributed by atoms with van der Waals surface area (Å²) in [7, 11) is 3.59. The van der Waals surface area contributed by atoms with E-state index in [4.69, 9.17) is 4.74 Å². The zero-order valence-corrected chi connectivity index (χ0v) is 12.1. The average Bonchev–Trinajstić information content (AvgIpc) is 2.76. The second-order valence-electron chi connectivity index (χ2n) is 4.87. The minimum atomic E-state index is -0.365. The maximum atomic E-state index is 11.9. The summed E-state index contributed by atoms with van der Waals surface area (Å²) in [5.41, 5.74) is 1.25.